The van der Waals surface area contributed by atoms with Crippen molar-refractivity contribution in [3.05, 3.63) is 53.8 Å². The van der Waals surface area contributed by atoms with Crippen molar-refractivity contribution in [1.29, 1.82) is 0 Å². The number of rotatable bonds is 3. The van der Waals surface area contributed by atoms with E-state index in [1.165, 1.54) is 23.9 Å². The molecule has 0 saturated heterocycles. The monoisotopic (exact) mass is 287 g/mol. The summed E-state index contributed by atoms with van der Waals surface area (Å²) in [5.74, 6) is -0.272. The lowest BCUT2D eigenvalue weighted by atomic mass is 10.1. The van der Waals surface area contributed by atoms with Crippen LogP contribution in [0, 0.1) is 5.82 Å². The van der Waals surface area contributed by atoms with Crippen LogP contribution in [0.1, 0.15) is 18.5 Å². The van der Waals surface area contributed by atoms with Crippen molar-refractivity contribution in [1.82, 2.24) is 9.97 Å². The maximum Gasteiger partial charge on any atom is 0.171 e. The van der Waals surface area contributed by atoms with Gasteiger partial charge in [0.25, 0.3) is 0 Å². The van der Waals surface area contributed by atoms with Crippen molar-refractivity contribution in [2.75, 3.05) is 0 Å². The summed E-state index contributed by atoms with van der Waals surface area (Å²) >= 11 is 1.46. The first kappa shape index (κ1) is 13.1. The Labute approximate surface area is 120 Å². The number of nitrogens with one attached hydrogen (secondary N) is 1. The third-order valence-corrected chi connectivity index (χ3v) is 4.02. The van der Waals surface area contributed by atoms with Crippen molar-refractivity contribution < 1.29 is 4.39 Å². The van der Waals surface area contributed by atoms with Crippen LogP contribution in [0.5, 0.6) is 0 Å². The molecular weight excluding hydrogens is 273 g/mol. The van der Waals surface area contributed by atoms with Gasteiger partial charge in [0, 0.05) is 10.9 Å². The fourth-order valence-corrected chi connectivity index (χ4v) is 3.06. The molecule has 1 aromatic heterocycles. The minimum Gasteiger partial charge on any atom is -0.333 e. The van der Waals surface area contributed by atoms with Crippen LogP contribution in [0.4, 0.5) is 4.39 Å². The number of aromatic nitrogens is 2. The molecule has 0 amide bonds. The Kier molecular flexibility index (Phi) is 3.46. The molecule has 1 heterocycles. The molecular formula is C15H14FN3S. The van der Waals surface area contributed by atoms with Gasteiger partial charge in [-0.2, -0.15) is 0 Å². The van der Waals surface area contributed by atoms with E-state index < -0.39 is 0 Å². The molecule has 0 aliphatic rings. The predicted octanol–water partition coefficient (Wildman–Crippen LogP) is 3.87. The van der Waals surface area contributed by atoms with Gasteiger partial charge >= 0.3 is 0 Å². The number of H-pyrrole nitrogens is 1. The highest BCUT2D eigenvalue weighted by atomic mass is 32.2. The summed E-state index contributed by atoms with van der Waals surface area (Å²) in [5, 5.41) is 0.778. The van der Waals surface area contributed by atoms with Crippen LogP contribution in [0.25, 0.3) is 11.0 Å². The van der Waals surface area contributed by atoms with Crippen molar-refractivity contribution in [3.8, 4) is 0 Å². The quantitative estimate of drug-likeness (QED) is 0.768. The summed E-state index contributed by atoms with van der Waals surface area (Å²) in [6, 6.07) is 12.3. The van der Waals surface area contributed by atoms with E-state index in [1.54, 1.807) is 6.07 Å². The second-order valence-electron chi connectivity index (χ2n) is 4.63. The largest absolute Gasteiger partial charge is 0.333 e. The van der Waals surface area contributed by atoms with Gasteiger partial charge in [0.2, 0.25) is 0 Å². The van der Waals surface area contributed by atoms with Gasteiger partial charge in [0.05, 0.1) is 11.0 Å². The smallest absolute Gasteiger partial charge is 0.171 e. The molecule has 3 nitrogen and oxygen atoms in total. The molecule has 0 unspecified atom stereocenters. The van der Waals surface area contributed by atoms with Crippen LogP contribution < -0.4 is 5.73 Å². The molecule has 102 valence electrons. The van der Waals surface area contributed by atoms with Gasteiger partial charge in [-0.25, -0.2) is 9.37 Å². The maximum absolute atomic E-state index is 13.3. The molecule has 5 heteroatoms. The standard InChI is InChI=1S/C15H14FN3S/c1-9(17)11-8-10(16)6-7-14(11)20-15-18-12-4-2-3-5-13(12)19-15/h2-9H,17H2,1H3,(H,18,19)/t9-/m1/s1. The van der Waals surface area contributed by atoms with E-state index in [1.807, 2.05) is 31.2 Å². The lowest BCUT2D eigenvalue weighted by Gasteiger charge is -2.11. The average Bonchev–Trinajstić information content (AvgIpc) is 2.82. The maximum atomic E-state index is 13.3. The van der Waals surface area contributed by atoms with E-state index in [9.17, 15) is 4.39 Å². The third kappa shape index (κ3) is 2.55. The van der Waals surface area contributed by atoms with Crippen molar-refractivity contribution in [2.24, 2.45) is 5.73 Å². The molecule has 20 heavy (non-hydrogen) atoms. The first-order valence-corrected chi connectivity index (χ1v) is 7.13. The molecule has 3 aromatic rings. The van der Waals surface area contributed by atoms with E-state index in [2.05, 4.69) is 9.97 Å². The molecule has 0 fully saturated rings. The zero-order chi connectivity index (χ0) is 14.1. The highest BCUT2D eigenvalue weighted by Crippen LogP contribution is 2.32. The highest BCUT2D eigenvalue weighted by Gasteiger charge is 2.12. The van der Waals surface area contributed by atoms with Crippen LogP contribution in [0.2, 0.25) is 0 Å². The second kappa shape index (κ2) is 5.26. The second-order valence-corrected chi connectivity index (χ2v) is 5.66. The summed E-state index contributed by atoms with van der Waals surface area (Å²) in [6.45, 7) is 1.84. The first-order chi connectivity index (χ1) is 9.63. The molecule has 0 bridgehead atoms. The van der Waals surface area contributed by atoms with Crippen molar-refractivity contribution in [2.45, 2.75) is 23.0 Å². The number of imidazole rings is 1. The Morgan fingerprint density at radius 2 is 2.05 bits per heavy atom. The number of para-hydroxylation sites is 2. The van der Waals surface area contributed by atoms with Gasteiger partial charge in [-0.3, -0.25) is 0 Å². The Morgan fingerprint density at radius 3 is 2.80 bits per heavy atom. The topological polar surface area (TPSA) is 54.7 Å². The van der Waals surface area contributed by atoms with Crippen LogP contribution in [0.15, 0.2) is 52.5 Å². The average molecular weight is 287 g/mol. The molecule has 0 aliphatic carbocycles. The number of hydrogen-bond donors (Lipinski definition) is 2. The normalized spacial score (nSPS) is 12.8. The van der Waals surface area contributed by atoms with Gasteiger partial charge in [-0.05, 0) is 42.8 Å². The van der Waals surface area contributed by atoms with Crippen LogP contribution in [0.3, 0.4) is 0 Å². The number of fused-ring (bicyclic) bond motifs is 1. The lowest BCUT2D eigenvalue weighted by molar-refractivity contribution is 0.619. The Hall–Kier alpha value is -1.85. The van der Waals surface area contributed by atoms with E-state index >= 15 is 0 Å². The van der Waals surface area contributed by atoms with E-state index in [-0.39, 0.29) is 11.9 Å². The Morgan fingerprint density at radius 1 is 1.25 bits per heavy atom. The number of aromatic amines is 1. The third-order valence-electron chi connectivity index (χ3n) is 3.04. The van der Waals surface area contributed by atoms with E-state index in [0.717, 1.165) is 26.6 Å². The molecule has 1 atom stereocenters. The van der Waals surface area contributed by atoms with Crippen molar-refractivity contribution >= 4 is 22.8 Å². The molecule has 0 spiro atoms. The molecule has 0 aliphatic heterocycles. The zero-order valence-corrected chi connectivity index (χ0v) is 11.7. The minimum absolute atomic E-state index is 0.224. The lowest BCUT2D eigenvalue weighted by Crippen LogP contribution is -2.06. The first-order valence-electron chi connectivity index (χ1n) is 6.31. The van der Waals surface area contributed by atoms with Gasteiger partial charge < -0.3 is 10.7 Å². The summed E-state index contributed by atoms with van der Waals surface area (Å²) in [7, 11) is 0. The van der Waals surface area contributed by atoms with Crippen LogP contribution in [-0.4, -0.2) is 9.97 Å². The highest BCUT2D eigenvalue weighted by molar-refractivity contribution is 7.99. The van der Waals surface area contributed by atoms with E-state index in [0.29, 0.717) is 0 Å². The molecule has 3 rings (SSSR count). The van der Waals surface area contributed by atoms with Crippen LogP contribution in [-0.2, 0) is 0 Å². The molecule has 0 radical (unpaired) electrons. The molecule has 3 N–H and O–H groups in total. The Balaban J connectivity index is 1.98. The van der Waals surface area contributed by atoms with Gasteiger partial charge in [0.15, 0.2) is 5.16 Å². The number of halogens is 1. The molecule has 2 aromatic carbocycles. The molecule has 0 saturated carbocycles. The summed E-state index contributed by atoms with van der Waals surface area (Å²) in [4.78, 5) is 8.66. The SMILES string of the molecule is C[C@@H](N)c1cc(F)ccc1Sc1nc2ccccc2[nH]1. The summed E-state index contributed by atoms with van der Waals surface area (Å²) in [5.41, 5.74) is 8.59. The van der Waals surface area contributed by atoms with Crippen molar-refractivity contribution in [3.63, 3.8) is 0 Å². The summed E-state index contributed by atoms with van der Waals surface area (Å²) in [6.07, 6.45) is 0. The number of nitrogens with two attached hydrogens (primary N) is 1. The minimum atomic E-state index is -0.272. The fourth-order valence-electron chi connectivity index (χ4n) is 2.05. The number of nitrogens with zero attached hydrogens (tertiary/aromatic N) is 1. The number of hydrogen-bond acceptors (Lipinski definition) is 3. The Bertz CT molecular complexity index is 719. The van der Waals surface area contributed by atoms with Gasteiger partial charge in [-0.1, -0.05) is 23.9 Å². The van der Waals surface area contributed by atoms with Gasteiger partial charge in [-0.15, -0.1) is 0 Å². The van der Waals surface area contributed by atoms with E-state index in [4.69, 9.17) is 5.73 Å². The fraction of sp³-hybridized carbons (Fsp3) is 0.133. The summed E-state index contributed by atoms with van der Waals surface area (Å²) < 4.78 is 13.3. The van der Waals surface area contributed by atoms with Gasteiger partial charge in [0.1, 0.15) is 5.82 Å². The number of benzene rings is 2. The zero-order valence-electron chi connectivity index (χ0n) is 10.9. The van der Waals surface area contributed by atoms with Crippen LogP contribution >= 0.6 is 11.8 Å². The predicted molar refractivity (Wildman–Crippen MR) is 79.2 cm³/mol.